The van der Waals surface area contributed by atoms with Gasteiger partial charge in [-0.1, -0.05) is 0 Å². The Kier molecular flexibility index (Phi) is 5.45. The molecule has 10 heteroatoms. The molecule has 0 radical (unpaired) electrons. The number of primary amides is 1. The van der Waals surface area contributed by atoms with E-state index in [9.17, 15) is 14.4 Å². The Morgan fingerprint density at radius 1 is 1.26 bits per heavy atom. The fourth-order valence-corrected chi connectivity index (χ4v) is 4.02. The number of carbonyl (C=O) groups is 3. The zero-order chi connectivity index (χ0) is 22.1. The third-order valence-electron chi connectivity index (χ3n) is 5.55. The number of nitrogens with two attached hydrogens (primary N) is 1. The number of nitrogens with zero attached hydrogens (tertiary/aromatic N) is 5. The normalized spacial score (nSPS) is 18.5. The summed E-state index contributed by atoms with van der Waals surface area (Å²) in [6.07, 6.45) is 4.47. The fraction of sp³-hybridized carbons (Fsp3) is 0.381. The molecule has 162 valence electrons. The van der Waals surface area contributed by atoms with E-state index < -0.39 is 11.9 Å². The maximum absolute atomic E-state index is 12.9. The van der Waals surface area contributed by atoms with Crippen molar-refractivity contribution in [1.29, 1.82) is 0 Å². The largest absolute Gasteiger partial charge is 0.488 e. The minimum Gasteiger partial charge on any atom is -0.488 e. The molecule has 2 N–H and O–H groups in total. The summed E-state index contributed by atoms with van der Waals surface area (Å²) in [6.45, 7) is 2.91. The second-order valence-electron chi connectivity index (χ2n) is 7.46. The van der Waals surface area contributed by atoms with E-state index >= 15 is 0 Å². The molecule has 1 saturated heterocycles. The van der Waals surface area contributed by atoms with Crippen LogP contribution < -0.4 is 20.9 Å². The van der Waals surface area contributed by atoms with Gasteiger partial charge in [-0.25, -0.2) is 4.98 Å². The van der Waals surface area contributed by atoms with E-state index in [0.717, 1.165) is 12.1 Å². The molecule has 1 unspecified atom stereocenters. The first-order valence-electron chi connectivity index (χ1n) is 10.1. The Hall–Kier alpha value is -3.69. The highest BCUT2D eigenvalue weighted by atomic mass is 16.5. The minimum absolute atomic E-state index is 0.132. The Morgan fingerprint density at radius 2 is 2.06 bits per heavy atom. The lowest BCUT2D eigenvalue weighted by Crippen LogP contribution is -2.43. The van der Waals surface area contributed by atoms with E-state index in [1.165, 1.54) is 22.6 Å². The van der Waals surface area contributed by atoms with E-state index in [2.05, 4.69) is 9.98 Å². The van der Waals surface area contributed by atoms with E-state index in [1.54, 1.807) is 25.4 Å². The van der Waals surface area contributed by atoms with Gasteiger partial charge in [0, 0.05) is 44.7 Å². The summed E-state index contributed by atoms with van der Waals surface area (Å²) in [4.78, 5) is 48.5. The highest BCUT2D eigenvalue weighted by Gasteiger charge is 2.34. The van der Waals surface area contributed by atoms with Gasteiger partial charge >= 0.3 is 0 Å². The van der Waals surface area contributed by atoms with Crippen LogP contribution in [0.4, 0.5) is 11.5 Å². The quantitative estimate of drug-likeness (QED) is 0.774. The standard InChI is InChI=1S/C21H24N6O4/c1-13(28)25-7-5-15(11-18(25)23-2)26-8-9-31-17-10-14(12-24-20(17)26)21(30)27-6-3-4-16(27)19(22)29/h5,7,10-12,16H,3-4,6,8-9H2,1-2H3,(H2,22,29)/b23-18-. The number of hydrogen-bond acceptors (Lipinski definition) is 7. The molecular formula is C21H24N6O4. The third-order valence-corrected chi connectivity index (χ3v) is 5.55. The molecule has 0 saturated carbocycles. The molecule has 0 aromatic carbocycles. The van der Waals surface area contributed by atoms with Crippen molar-refractivity contribution in [1.82, 2.24) is 14.5 Å². The van der Waals surface area contributed by atoms with Crippen molar-refractivity contribution in [3.05, 3.63) is 41.6 Å². The number of anilines is 2. The molecule has 1 fully saturated rings. The molecule has 2 aromatic rings. The van der Waals surface area contributed by atoms with Gasteiger partial charge in [0.05, 0.1) is 12.1 Å². The van der Waals surface area contributed by atoms with Crippen molar-refractivity contribution in [2.45, 2.75) is 25.8 Å². The van der Waals surface area contributed by atoms with Gasteiger partial charge in [-0.05, 0) is 25.0 Å². The van der Waals surface area contributed by atoms with Gasteiger partial charge in [-0.2, -0.15) is 0 Å². The van der Waals surface area contributed by atoms with Gasteiger partial charge in [-0.15, -0.1) is 0 Å². The number of rotatable bonds is 3. The highest BCUT2D eigenvalue weighted by molar-refractivity contribution is 5.98. The molecule has 0 bridgehead atoms. The monoisotopic (exact) mass is 424 g/mol. The summed E-state index contributed by atoms with van der Waals surface area (Å²) in [5.74, 6) is 0.130. The Bertz CT molecular complexity index is 1130. The number of hydrogen-bond donors (Lipinski definition) is 1. The van der Waals surface area contributed by atoms with E-state index in [4.69, 9.17) is 10.5 Å². The maximum Gasteiger partial charge on any atom is 0.256 e. The molecule has 2 aromatic heterocycles. The molecule has 0 spiro atoms. The molecule has 0 aliphatic carbocycles. The molecule has 2 aliphatic rings. The Morgan fingerprint density at radius 3 is 2.77 bits per heavy atom. The number of carbonyl (C=O) groups excluding carboxylic acids is 3. The zero-order valence-corrected chi connectivity index (χ0v) is 17.4. The first-order chi connectivity index (χ1) is 14.9. The average molecular weight is 424 g/mol. The number of amides is 2. The van der Waals surface area contributed by atoms with Crippen LogP contribution in [-0.2, 0) is 4.79 Å². The lowest BCUT2D eigenvalue weighted by molar-refractivity contribution is -0.121. The van der Waals surface area contributed by atoms with Gasteiger partial charge in [-0.3, -0.25) is 23.9 Å². The van der Waals surface area contributed by atoms with Crippen LogP contribution in [-0.4, -0.2) is 65.0 Å². The van der Waals surface area contributed by atoms with Gasteiger partial charge in [0.2, 0.25) is 11.8 Å². The average Bonchev–Trinajstić information content (AvgIpc) is 3.27. The Balaban J connectivity index is 1.66. The summed E-state index contributed by atoms with van der Waals surface area (Å²) < 4.78 is 7.24. The van der Waals surface area contributed by atoms with Gasteiger partial charge in [0.15, 0.2) is 11.6 Å². The van der Waals surface area contributed by atoms with Crippen LogP contribution in [0.15, 0.2) is 35.6 Å². The molecule has 2 aliphatic heterocycles. The number of ether oxygens (including phenoxy) is 1. The van der Waals surface area contributed by atoms with Crippen molar-refractivity contribution in [3.63, 3.8) is 0 Å². The molecule has 4 heterocycles. The number of aromatic nitrogens is 2. The molecule has 10 nitrogen and oxygen atoms in total. The van der Waals surface area contributed by atoms with E-state index in [-0.39, 0.29) is 11.8 Å². The molecule has 2 amide bonds. The van der Waals surface area contributed by atoms with Crippen molar-refractivity contribution in [2.24, 2.45) is 10.7 Å². The van der Waals surface area contributed by atoms with E-state index in [0.29, 0.717) is 48.7 Å². The summed E-state index contributed by atoms with van der Waals surface area (Å²) in [7, 11) is 1.62. The minimum atomic E-state index is -0.588. The second kappa shape index (κ2) is 8.21. The van der Waals surface area contributed by atoms with Crippen LogP contribution in [0.25, 0.3) is 0 Å². The van der Waals surface area contributed by atoms with Crippen LogP contribution in [0.3, 0.4) is 0 Å². The first kappa shape index (κ1) is 20.6. The maximum atomic E-state index is 12.9. The van der Waals surface area contributed by atoms with Crippen molar-refractivity contribution in [3.8, 4) is 5.75 Å². The van der Waals surface area contributed by atoms with Crippen LogP contribution >= 0.6 is 0 Å². The van der Waals surface area contributed by atoms with Crippen LogP contribution in [0.1, 0.15) is 34.9 Å². The smallest absolute Gasteiger partial charge is 0.256 e. The molecule has 1 atom stereocenters. The predicted molar refractivity (Wildman–Crippen MR) is 112 cm³/mol. The molecule has 4 rings (SSSR count). The van der Waals surface area contributed by atoms with Crippen molar-refractivity contribution < 1.29 is 19.1 Å². The van der Waals surface area contributed by atoms with Gasteiger partial charge < -0.3 is 20.3 Å². The topological polar surface area (TPSA) is 123 Å². The lowest BCUT2D eigenvalue weighted by Gasteiger charge is -2.30. The number of likely N-dealkylation sites (tertiary alicyclic amines) is 1. The van der Waals surface area contributed by atoms with E-state index in [1.807, 2.05) is 11.0 Å². The SMILES string of the molecule is C/N=c1/cc(N2CCOc3cc(C(=O)N4CCCC4C(N)=O)cnc32)ccn1C(C)=O. The van der Waals surface area contributed by atoms with Crippen molar-refractivity contribution in [2.75, 3.05) is 31.6 Å². The summed E-state index contributed by atoms with van der Waals surface area (Å²) >= 11 is 0. The third kappa shape index (κ3) is 3.76. The second-order valence-corrected chi connectivity index (χ2v) is 7.46. The van der Waals surface area contributed by atoms with Crippen LogP contribution in [0.2, 0.25) is 0 Å². The Labute approximate surface area is 178 Å². The number of pyridine rings is 2. The van der Waals surface area contributed by atoms with Gasteiger partial charge in [0.1, 0.15) is 18.1 Å². The van der Waals surface area contributed by atoms with Crippen LogP contribution in [0, 0.1) is 0 Å². The summed E-state index contributed by atoms with van der Waals surface area (Å²) in [5.41, 5.74) is 7.12. The predicted octanol–water partition coefficient (Wildman–Crippen LogP) is 0.694. The lowest BCUT2D eigenvalue weighted by atomic mass is 10.1. The van der Waals surface area contributed by atoms with Gasteiger partial charge in [0.25, 0.3) is 5.91 Å². The first-order valence-corrected chi connectivity index (χ1v) is 10.1. The zero-order valence-electron chi connectivity index (χ0n) is 17.4. The van der Waals surface area contributed by atoms with Crippen LogP contribution in [0.5, 0.6) is 5.75 Å². The summed E-state index contributed by atoms with van der Waals surface area (Å²) in [5, 5.41) is 0. The summed E-state index contributed by atoms with van der Waals surface area (Å²) in [6, 6.07) is 4.68. The number of fused-ring (bicyclic) bond motifs is 1. The fourth-order valence-electron chi connectivity index (χ4n) is 4.02. The highest BCUT2D eigenvalue weighted by Crippen LogP contribution is 2.35. The molecular weight excluding hydrogens is 400 g/mol. The molecule has 31 heavy (non-hydrogen) atoms. The van der Waals surface area contributed by atoms with Crippen molar-refractivity contribution >= 4 is 29.2 Å².